The Labute approximate surface area is 150 Å². The summed E-state index contributed by atoms with van der Waals surface area (Å²) in [5.41, 5.74) is 1.70. The number of nitrogens with one attached hydrogen (secondary N) is 1. The molecule has 0 unspecified atom stereocenters. The fourth-order valence-corrected chi connectivity index (χ4v) is 2.40. The highest BCUT2D eigenvalue weighted by Crippen LogP contribution is 2.27. The fourth-order valence-electron chi connectivity index (χ4n) is 2.40. The zero-order chi connectivity index (χ0) is 18.5. The standard InChI is InChI=1S/C19H18F2N4O/c1-12(2)15-10-22-11-25-18(15)24-9-13-4-3-7-23-19(13)26-17-6-5-14(20)8-16(17)21/h3-8,10-12H,9H2,1-2H3,(H,22,24,25). The molecule has 1 aromatic carbocycles. The minimum Gasteiger partial charge on any atom is -0.436 e. The van der Waals surface area contributed by atoms with E-state index in [0.717, 1.165) is 23.5 Å². The van der Waals surface area contributed by atoms with Crippen LogP contribution in [0, 0.1) is 11.6 Å². The highest BCUT2D eigenvalue weighted by Gasteiger charge is 2.12. The van der Waals surface area contributed by atoms with Crippen molar-refractivity contribution in [1.82, 2.24) is 15.0 Å². The van der Waals surface area contributed by atoms with Crippen molar-refractivity contribution in [2.24, 2.45) is 0 Å². The average Bonchev–Trinajstić information content (AvgIpc) is 2.63. The van der Waals surface area contributed by atoms with Crippen molar-refractivity contribution < 1.29 is 13.5 Å². The van der Waals surface area contributed by atoms with Crippen molar-refractivity contribution in [2.75, 3.05) is 5.32 Å². The summed E-state index contributed by atoms with van der Waals surface area (Å²) in [6.07, 6.45) is 4.79. The van der Waals surface area contributed by atoms with Gasteiger partial charge in [-0.15, -0.1) is 0 Å². The molecule has 0 atom stereocenters. The van der Waals surface area contributed by atoms with Gasteiger partial charge in [-0.2, -0.15) is 0 Å². The normalized spacial score (nSPS) is 10.8. The highest BCUT2D eigenvalue weighted by atomic mass is 19.1. The van der Waals surface area contributed by atoms with Gasteiger partial charge in [0, 0.05) is 36.1 Å². The monoisotopic (exact) mass is 356 g/mol. The minimum absolute atomic E-state index is 0.0868. The zero-order valence-electron chi connectivity index (χ0n) is 14.4. The molecule has 0 aliphatic rings. The lowest BCUT2D eigenvalue weighted by Gasteiger charge is -2.14. The molecule has 0 aliphatic carbocycles. The second-order valence-electron chi connectivity index (χ2n) is 5.98. The summed E-state index contributed by atoms with van der Waals surface area (Å²) in [4.78, 5) is 12.5. The Morgan fingerprint density at radius 1 is 1.15 bits per heavy atom. The maximum atomic E-state index is 13.8. The SMILES string of the molecule is CC(C)c1cncnc1NCc1cccnc1Oc1ccc(F)cc1F. The summed E-state index contributed by atoms with van der Waals surface area (Å²) < 4.78 is 32.4. The van der Waals surface area contributed by atoms with Crippen molar-refractivity contribution in [3.63, 3.8) is 0 Å². The van der Waals surface area contributed by atoms with Crippen LogP contribution in [-0.2, 0) is 6.54 Å². The maximum absolute atomic E-state index is 13.8. The van der Waals surface area contributed by atoms with E-state index in [-0.39, 0.29) is 17.5 Å². The van der Waals surface area contributed by atoms with Crippen molar-refractivity contribution >= 4 is 5.82 Å². The van der Waals surface area contributed by atoms with Crippen molar-refractivity contribution in [1.29, 1.82) is 0 Å². The lowest BCUT2D eigenvalue weighted by Crippen LogP contribution is -2.07. The van der Waals surface area contributed by atoms with Crippen LogP contribution in [0.15, 0.2) is 49.1 Å². The third kappa shape index (κ3) is 4.11. The first-order chi connectivity index (χ1) is 12.5. The maximum Gasteiger partial charge on any atom is 0.224 e. The summed E-state index contributed by atoms with van der Waals surface area (Å²) >= 11 is 0. The zero-order valence-corrected chi connectivity index (χ0v) is 14.4. The summed E-state index contributed by atoms with van der Waals surface area (Å²) in [6, 6.07) is 6.71. The van der Waals surface area contributed by atoms with Gasteiger partial charge in [0.2, 0.25) is 5.88 Å². The van der Waals surface area contributed by atoms with Gasteiger partial charge in [0.15, 0.2) is 11.6 Å². The second kappa shape index (κ2) is 7.86. The molecule has 3 rings (SSSR count). The molecule has 134 valence electrons. The number of anilines is 1. The highest BCUT2D eigenvalue weighted by molar-refractivity contribution is 5.45. The number of nitrogens with zero attached hydrogens (tertiary/aromatic N) is 3. The van der Waals surface area contributed by atoms with Crippen molar-refractivity contribution in [2.45, 2.75) is 26.3 Å². The smallest absolute Gasteiger partial charge is 0.224 e. The Balaban J connectivity index is 1.80. The molecule has 0 fully saturated rings. The summed E-state index contributed by atoms with van der Waals surface area (Å²) in [7, 11) is 0. The lowest BCUT2D eigenvalue weighted by atomic mass is 10.1. The topological polar surface area (TPSA) is 59.9 Å². The van der Waals surface area contributed by atoms with Crippen LogP contribution in [0.3, 0.4) is 0 Å². The Morgan fingerprint density at radius 3 is 2.77 bits per heavy atom. The van der Waals surface area contributed by atoms with Gasteiger partial charge in [-0.05, 0) is 24.1 Å². The van der Waals surface area contributed by atoms with Gasteiger partial charge in [0.05, 0.1) is 0 Å². The number of rotatable bonds is 6. The Morgan fingerprint density at radius 2 is 2.00 bits per heavy atom. The molecule has 1 N–H and O–H groups in total. The van der Waals surface area contributed by atoms with Gasteiger partial charge >= 0.3 is 0 Å². The van der Waals surface area contributed by atoms with E-state index in [0.29, 0.717) is 12.1 Å². The van der Waals surface area contributed by atoms with Gasteiger partial charge in [-0.1, -0.05) is 19.9 Å². The quantitative estimate of drug-likeness (QED) is 0.695. The number of ether oxygens (including phenoxy) is 1. The number of hydrogen-bond donors (Lipinski definition) is 1. The van der Waals surface area contributed by atoms with Gasteiger partial charge in [0.25, 0.3) is 0 Å². The van der Waals surface area contributed by atoms with E-state index in [4.69, 9.17) is 4.74 Å². The van der Waals surface area contributed by atoms with E-state index < -0.39 is 11.6 Å². The minimum atomic E-state index is -0.785. The molecule has 0 spiro atoms. The van der Waals surface area contributed by atoms with E-state index in [1.807, 2.05) is 6.07 Å². The molecule has 2 aromatic heterocycles. The first-order valence-corrected chi connectivity index (χ1v) is 8.15. The van der Waals surface area contributed by atoms with E-state index in [9.17, 15) is 8.78 Å². The van der Waals surface area contributed by atoms with Crippen LogP contribution in [0.5, 0.6) is 11.6 Å². The van der Waals surface area contributed by atoms with E-state index in [1.165, 1.54) is 12.4 Å². The molecule has 2 heterocycles. The van der Waals surface area contributed by atoms with Gasteiger partial charge in [0.1, 0.15) is 18.0 Å². The Hall–Kier alpha value is -3.09. The van der Waals surface area contributed by atoms with Crippen LogP contribution in [-0.4, -0.2) is 15.0 Å². The summed E-state index contributed by atoms with van der Waals surface area (Å²) in [5, 5.41) is 3.24. The largest absolute Gasteiger partial charge is 0.436 e. The van der Waals surface area contributed by atoms with Crippen LogP contribution in [0.25, 0.3) is 0 Å². The molecule has 0 bridgehead atoms. The van der Waals surface area contributed by atoms with Crippen molar-refractivity contribution in [3.05, 3.63) is 71.8 Å². The first-order valence-electron chi connectivity index (χ1n) is 8.15. The fraction of sp³-hybridized carbons (Fsp3) is 0.211. The molecule has 0 saturated carbocycles. The number of halogens is 2. The summed E-state index contributed by atoms with van der Waals surface area (Å²) in [6.45, 7) is 4.49. The van der Waals surface area contributed by atoms with Crippen LogP contribution in [0.4, 0.5) is 14.6 Å². The van der Waals surface area contributed by atoms with Crippen molar-refractivity contribution in [3.8, 4) is 11.6 Å². The van der Waals surface area contributed by atoms with Crippen LogP contribution in [0.2, 0.25) is 0 Å². The molecule has 0 saturated heterocycles. The Bertz CT molecular complexity index is 902. The van der Waals surface area contributed by atoms with E-state index >= 15 is 0 Å². The molecular weight excluding hydrogens is 338 g/mol. The molecule has 0 radical (unpaired) electrons. The third-order valence-corrected chi connectivity index (χ3v) is 3.76. The number of hydrogen-bond acceptors (Lipinski definition) is 5. The van der Waals surface area contributed by atoms with E-state index in [1.54, 1.807) is 18.5 Å². The molecule has 3 aromatic rings. The second-order valence-corrected chi connectivity index (χ2v) is 5.98. The lowest BCUT2D eigenvalue weighted by molar-refractivity contribution is 0.419. The van der Waals surface area contributed by atoms with E-state index in [2.05, 4.69) is 34.1 Å². The van der Waals surface area contributed by atoms with Gasteiger partial charge in [-0.25, -0.2) is 23.7 Å². The number of benzene rings is 1. The first kappa shape index (κ1) is 17.7. The van der Waals surface area contributed by atoms with Gasteiger partial charge < -0.3 is 10.1 Å². The molecule has 7 heteroatoms. The predicted octanol–water partition coefficient (Wildman–Crippen LogP) is 4.68. The third-order valence-electron chi connectivity index (χ3n) is 3.76. The Kier molecular flexibility index (Phi) is 5.36. The molecule has 5 nitrogen and oxygen atoms in total. The molecular formula is C19H18F2N4O. The average molecular weight is 356 g/mol. The van der Waals surface area contributed by atoms with Crippen LogP contribution < -0.4 is 10.1 Å². The van der Waals surface area contributed by atoms with Gasteiger partial charge in [-0.3, -0.25) is 0 Å². The number of pyridine rings is 1. The predicted molar refractivity (Wildman–Crippen MR) is 94.1 cm³/mol. The van der Waals surface area contributed by atoms with Crippen LogP contribution in [0.1, 0.15) is 30.9 Å². The summed E-state index contributed by atoms with van der Waals surface area (Å²) in [5.74, 6) is -0.313. The molecule has 0 amide bonds. The number of aromatic nitrogens is 3. The molecule has 0 aliphatic heterocycles. The molecule has 26 heavy (non-hydrogen) atoms. The van der Waals surface area contributed by atoms with Crippen LogP contribution >= 0.6 is 0 Å².